The molecule has 0 spiro atoms. The molecule has 0 N–H and O–H groups in total. The molecule has 0 aliphatic carbocycles. The monoisotopic (exact) mass is 204 g/mol. The van der Waals surface area contributed by atoms with Gasteiger partial charge in [-0.3, -0.25) is 0 Å². The van der Waals surface area contributed by atoms with Crippen LogP contribution in [0.25, 0.3) is 0 Å². The number of aromatic nitrogens is 1. The first kappa shape index (κ1) is 10.0. The van der Waals surface area contributed by atoms with Gasteiger partial charge < -0.3 is 9.64 Å². The molecule has 1 aliphatic heterocycles. The van der Waals surface area contributed by atoms with Crippen molar-refractivity contribution in [1.82, 2.24) is 9.88 Å². The lowest BCUT2D eigenvalue weighted by atomic mass is 10.3. The number of ether oxygens (including phenoxy) is 1. The van der Waals surface area contributed by atoms with Crippen LogP contribution in [0.4, 0.5) is 0 Å². The fraction of sp³-hybridized carbons (Fsp3) is 0.417. The van der Waals surface area contributed by atoms with Crippen LogP contribution >= 0.6 is 0 Å². The Morgan fingerprint density at radius 2 is 2.40 bits per heavy atom. The van der Waals surface area contributed by atoms with Gasteiger partial charge in [-0.15, -0.1) is 0 Å². The smallest absolute Gasteiger partial charge is 0.213 e. The Bertz CT molecular complexity index is 335. The first-order chi connectivity index (χ1) is 7.36. The lowest BCUT2D eigenvalue weighted by molar-refractivity contribution is 0.294. The maximum absolute atomic E-state index is 5.54. The van der Waals surface area contributed by atoms with Crippen LogP contribution in [0.3, 0.4) is 0 Å². The minimum absolute atomic E-state index is 0.702. The molecule has 0 amide bonds. The average Bonchev–Trinajstić information content (AvgIpc) is 2.66. The van der Waals surface area contributed by atoms with Gasteiger partial charge in [0.1, 0.15) is 0 Å². The number of pyridine rings is 1. The third-order valence-electron chi connectivity index (χ3n) is 2.58. The molecular formula is C12H16N2O. The van der Waals surface area contributed by atoms with Gasteiger partial charge in [-0.2, -0.15) is 0 Å². The second kappa shape index (κ2) is 4.82. The van der Waals surface area contributed by atoms with Crippen LogP contribution in [-0.2, 0) is 0 Å². The molecule has 15 heavy (non-hydrogen) atoms. The summed E-state index contributed by atoms with van der Waals surface area (Å²) in [7, 11) is 2.12. The number of rotatable bonds is 4. The standard InChI is InChI=1S/C12H16N2O/c1-14-9-4-5-11(14)7-10-15-12-6-2-3-8-13-12/h2-3,5-6,8H,4,7,9-10H2,1H3. The lowest BCUT2D eigenvalue weighted by Crippen LogP contribution is -2.15. The summed E-state index contributed by atoms with van der Waals surface area (Å²) in [5, 5.41) is 0. The van der Waals surface area contributed by atoms with Crippen molar-refractivity contribution in [3.63, 3.8) is 0 Å². The summed E-state index contributed by atoms with van der Waals surface area (Å²) >= 11 is 0. The molecule has 0 unspecified atom stereocenters. The second-order valence-corrected chi connectivity index (χ2v) is 3.67. The summed E-state index contributed by atoms with van der Waals surface area (Å²) in [5.74, 6) is 0.707. The first-order valence-corrected chi connectivity index (χ1v) is 5.30. The van der Waals surface area contributed by atoms with Crippen LogP contribution in [0.5, 0.6) is 5.88 Å². The quantitative estimate of drug-likeness (QED) is 0.750. The number of hydrogen-bond acceptors (Lipinski definition) is 3. The summed E-state index contributed by atoms with van der Waals surface area (Å²) < 4.78 is 5.54. The van der Waals surface area contributed by atoms with Crippen molar-refractivity contribution >= 4 is 0 Å². The number of nitrogens with zero attached hydrogens (tertiary/aromatic N) is 2. The minimum atomic E-state index is 0.702. The van der Waals surface area contributed by atoms with E-state index in [0.717, 1.165) is 19.4 Å². The molecule has 0 atom stereocenters. The molecule has 0 aromatic carbocycles. The van der Waals surface area contributed by atoms with E-state index in [4.69, 9.17) is 4.74 Å². The Morgan fingerprint density at radius 3 is 3.07 bits per heavy atom. The van der Waals surface area contributed by atoms with E-state index in [0.29, 0.717) is 12.5 Å². The predicted molar refractivity (Wildman–Crippen MR) is 59.7 cm³/mol. The highest BCUT2D eigenvalue weighted by atomic mass is 16.5. The summed E-state index contributed by atoms with van der Waals surface area (Å²) in [5.41, 5.74) is 1.38. The molecule has 1 aromatic rings. The number of hydrogen-bond donors (Lipinski definition) is 0. The lowest BCUT2D eigenvalue weighted by Gasteiger charge is -2.15. The zero-order valence-electron chi connectivity index (χ0n) is 9.02. The zero-order chi connectivity index (χ0) is 10.5. The summed E-state index contributed by atoms with van der Waals surface area (Å²) in [4.78, 5) is 6.39. The molecule has 0 radical (unpaired) electrons. The molecule has 2 heterocycles. The van der Waals surface area contributed by atoms with Gasteiger partial charge in [0.15, 0.2) is 0 Å². The van der Waals surface area contributed by atoms with E-state index in [9.17, 15) is 0 Å². The van der Waals surface area contributed by atoms with Gasteiger partial charge in [-0.05, 0) is 12.5 Å². The van der Waals surface area contributed by atoms with E-state index in [1.165, 1.54) is 5.70 Å². The molecule has 1 aromatic heterocycles. The largest absolute Gasteiger partial charge is 0.477 e. The van der Waals surface area contributed by atoms with Crippen LogP contribution in [0.1, 0.15) is 12.8 Å². The Hall–Kier alpha value is -1.51. The molecular weight excluding hydrogens is 188 g/mol. The van der Waals surface area contributed by atoms with Gasteiger partial charge in [-0.25, -0.2) is 4.98 Å². The maximum atomic E-state index is 5.54. The Morgan fingerprint density at radius 1 is 1.47 bits per heavy atom. The Labute approximate surface area is 90.4 Å². The van der Waals surface area contributed by atoms with Crippen LogP contribution in [0, 0.1) is 0 Å². The molecule has 2 rings (SSSR count). The molecule has 3 heteroatoms. The van der Waals surface area contributed by atoms with Crippen molar-refractivity contribution in [3.05, 3.63) is 36.2 Å². The van der Waals surface area contributed by atoms with Gasteiger partial charge in [0, 0.05) is 38.0 Å². The molecule has 0 bridgehead atoms. The summed E-state index contributed by atoms with van der Waals surface area (Å²) in [6.07, 6.45) is 6.15. The minimum Gasteiger partial charge on any atom is -0.477 e. The van der Waals surface area contributed by atoms with E-state index >= 15 is 0 Å². The van der Waals surface area contributed by atoms with Gasteiger partial charge in [0.2, 0.25) is 5.88 Å². The topological polar surface area (TPSA) is 25.4 Å². The van der Waals surface area contributed by atoms with Crippen molar-refractivity contribution < 1.29 is 4.74 Å². The highest BCUT2D eigenvalue weighted by molar-refractivity contribution is 5.10. The maximum Gasteiger partial charge on any atom is 0.213 e. The normalized spacial score (nSPS) is 15.3. The van der Waals surface area contributed by atoms with Crippen LogP contribution in [0.2, 0.25) is 0 Å². The molecule has 0 saturated heterocycles. The molecule has 1 aliphatic rings. The van der Waals surface area contributed by atoms with Gasteiger partial charge in [0.25, 0.3) is 0 Å². The van der Waals surface area contributed by atoms with Crippen molar-refractivity contribution in [2.45, 2.75) is 12.8 Å². The van der Waals surface area contributed by atoms with Crippen molar-refractivity contribution in [3.8, 4) is 5.88 Å². The van der Waals surface area contributed by atoms with E-state index in [-0.39, 0.29) is 0 Å². The average molecular weight is 204 g/mol. The fourth-order valence-electron chi connectivity index (χ4n) is 1.71. The molecule has 0 saturated carbocycles. The van der Waals surface area contributed by atoms with Crippen molar-refractivity contribution in [1.29, 1.82) is 0 Å². The van der Waals surface area contributed by atoms with E-state index < -0.39 is 0 Å². The third kappa shape index (κ3) is 2.72. The van der Waals surface area contributed by atoms with E-state index in [1.807, 2.05) is 18.2 Å². The van der Waals surface area contributed by atoms with Crippen LogP contribution < -0.4 is 4.74 Å². The fourth-order valence-corrected chi connectivity index (χ4v) is 1.71. The third-order valence-corrected chi connectivity index (χ3v) is 2.58. The summed E-state index contributed by atoms with van der Waals surface area (Å²) in [6, 6.07) is 5.70. The SMILES string of the molecule is CN1CCC=C1CCOc1ccccn1. The van der Waals surface area contributed by atoms with E-state index in [1.54, 1.807) is 6.20 Å². The summed E-state index contributed by atoms with van der Waals surface area (Å²) in [6.45, 7) is 1.84. The van der Waals surface area contributed by atoms with Crippen LogP contribution in [0.15, 0.2) is 36.2 Å². The highest BCUT2D eigenvalue weighted by Crippen LogP contribution is 2.15. The predicted octanol–water partition coefficient (Wildman–Crippen LogP) is 2.07. The van der Waals surface area contributed by atoms with Crippen LogP contribution in [-0.4, -0.2) is 30.1 Å². The molecule has 0 fully saturated rings. The first-order valence-electron chi connectivity index (χ1n) is 5.30. The Kier molecular flexibility index (Phi) is 3.22. The van der Waals surface area contributed by atoms with Gasteiger partial charge >= 0.3 is 0 Å². The van der Waals surface area contributed by atoms with Gasteiger partial charge in [-0.1, -0.05) is 12.1 Å². The van der Waals surface area contributed by atoms with Crippen molar-refractivity contribution in [2.75, 3.05) is 20.2 Å². The van der Waals surface area contributed by atoms with Crippen molar-refractivity contribution in [2.24, 2.45) is 0 Å². The molecule has 3 nitrogen and oxygen atoms in total. The highest BCUT2D eigenvalue weighted by Gasteiger charge is 2.09. The Balaban J connectivity index is 1.76. The van der Waals surface area contributed by atoms with E-state index in [2.05, 4.69) is 23.0 Å². The molecule has 80 valence electrons. The second-order valence-electron chi connectivity index (χ2n) is 3.67. The zero-order valence-corrected chi connectivity index (χ0v) is 9.02. The van der Waals surface area contributed by atoms with Gasteiger partial charge in [0.05, 0.1) is 6.61 Å².